The molecule has 23 heavy (non-hydrogen) atoms. The van der Waals surface area contributed by atoms with Crippen molar-refractivity contribution in [3.63, 3.8) is 0 Å². The van der Waals surface area contributed by atoms with Crippen molar-refractivity contribution < 1.29 is 4.42 Å². The van der Waals surface area contributed by atoms with Gasteiger partial charge in [0.1, 0.15) is 12.0 Å². The van der Waals surface area contributed by atoms with Crippen LogP contribution in [0.5, 0.6) is 0 Å². The molecule has 7 nitrogen and oxygen atoms in total. The molecule has 0 fully saturated rings. The van der Waals surface area contributed by atoms with Gasteiger partial charge in [0.2, 0.25) is 0 Å². The molecule has 0 aliphatic carbocycles. The molecule has 4 heterocycles. The molecule has 114 valence electrons. The van der Waals surface area contributed by atoms with Crippen molar-refractivity contribution in [1.82, 2.24) is 29.9 Å². The van der Waals surface area contributed by atoms with Gasteiger partial charge in [0.25, 0.3) is 0 Å². The molecule has 0 saturated heterocycles. The first-order valence-electron chi connectivity index (χ1n) is 6.94. The Kier molecular flexibility index (Phi) is 3.58. The number of furan rings is 1. The van der Waals surface area contributed by atoms with E-state index in [2.05, 4.69) is 41.2 Å². The Morgan fingerprint density at radius 2 is 2.00 bits per heavy atom. The first-order chi connectivity index (χ1) is 11.3. The molecule has 0 aromatic carbocycles. The number of hydrogen-bond donors (Lipinski definition) is 0. The third-order valence-corrected chi connectivity index (χ3v) is 3.94. The van der Waals surface area contributed by atoms with Gasteiger partial charge in [-0.05, 0) is 24.3 Å². The average molecular weight is 371 g/mol. The molecule has 0 amide bonds. The van der Waals surface area contributed by atoms with Gasteiger partial charge in [-0.25, -0.2) is 14.6 Å². The fraction of sp³-hybridized carbons (Fsp3) is 0.133. The molecule has 0 atom stereocenters. The highest BCUT2D eigenvalue weighted by molar-refractivity contribution is 9.08. The van der Waals surface area contributed by atoms with Gasteiger partial charge in [0, 0.05) is 5.33 Å². The predicted octanol–water partition coefficient (Wildman–Crippen LogP) is 2.82. The maximum Gasteiger partial charge on any atom is 0.182 e. The van der Waals surface area contributed by atoms with Crippen LogP contribution < -0.4 is 0 Å². The van der Waals surface area contributed by atoms with E-state index in [1.165, 1.54) is 6.33 Å². The van der Waals surface area contributed by atoms with Crippen molar-refractivity contribution in [3.8, 4) is 11.5 Å². The lowest BCUT2D eigenvalue weighted by Crippen LogP contribution is -2.05. The second-order valence-electron chi connectivity index (χ2n) is 4.87. The lowest BCUT2D eigenvalue weighted by Gasteiger charge is -2.03. The third kappa shape index (κ3) is 2.61. The first kappa shape index (κ1) is 14.0. The third-order valence-electron chi connectivity index (χ3n) is 3.37. The van der Waals surface area contributed by atoms with E-state index in [1.54, 1.807) is 10.9 Å². The minimum atomic E-state index is 0.492. The van der Waals surface area contributed by atoms with Crippen LogP contribution in [0.25, 0.3) is 22.6 Å². The van der Waals surface area contributed by atoms with E-state index in [0.717, 1.165) is 11.4 Å². The lowest BCUT2D eigenvalue weighted by atomic mass is 10.3. The Morgan fingerprint density at radius 3 is 2.83 bits per heavy atom. The van der Waals surface area contributed by atoms with Crippen LogP contribution in [0, 0.1) is 0 Å². The zero-order chi connectivity index (χ0) is 15.6. The zero-order valence-corrected chi connectivity index (χ0v) is 13.5. The molecule has 0 N–H and O–H groups in total. The van der Waals surface area contributed by atoms with Gasteiger partial charge in [-0.15, -0.1) is 5.10 Å². The lowest BCUT2D eigenvalue weighted by molar-refractivity contribution is 0.580. The number of aromatic nitrogens is 6. The standard InChI is InChI=1S/C15H11BrN6O/c16-7-10-3-1-4-11(19-10)8-22-15-14(20-21-22)13(17-9-18-15)12-5-2-6-23-12/h1-6,9H,7-8H2. The van der Waals surface area contributed by atoms with Gasteiger partial charge in [-0.1, -0.05) is 27.2 Å². The summed E-state index contributed by atoms with van der Waals surface area (Å²) in [5.74, 6) is 0.642. The van der Waals surface area contributed by atoms with E-state index in [4.69, 9.17) is 4.42 Å². The van der Waals surface area contributed by atoms with Gasteiger partial charge >= 0.3 is 0 Å². The van der Waals surface area contributed by atoms with E-state index >= 15 is 0 Å². The molecule has 4 aromatic heterocycles. The smallest absolute Gasteiger partial charge is 0.182 e. The molecule has 0 spiro atoms. The monoisotopic (exact) mass is 370 g/mol. The molecule has 0 radical (unpaired) electrons. The SMILES string of the molecule is BrCc1cccc(Cn2nnc3c(-c4ccco4)ncnc32)n1. The summed E-state index contributed by atoms with van der Waals surface area (Å²) >= 11 is 3.41. The maximum absolute atomic E-state index is 5.40. The van der Waals surface area contributed by atoms with E-state index in [0.29, 0.717) is 34.5 Å². The van der Waals surface area contributed by atoms with Crippen LogP contribution in [0.1, 0.15) is 11.4 Å². The molecule has 0 bridgehead atoms. The van der Waals surface area contributed by atoms with Crippen molar-refractivity contribution in [3.05, 3.63) is 54.3 Å². The normalized spacial score (nSPS) is 11.2. The van der Waals surface area contributed by atoms with E-state index in [9.17, 15) is 0 Å². The van der Waals surface area contributed by atoms with Crippen LogP contribution in [-0.2, 0) is 11.9 Å². The number of alkyl halides is 1. The predicted molar refractivity (Wildman–Crippen MR) is 86.8 cm³/mol. The molecule has 0 unspecified atom stereocenters. The zero-order valence-electron chi connectivity index (χ0n) is 11.9. The quantitative estimate of drug-likeness (QED) is 0.513. The summed E-state index contributed by atoms with van der Waals surface area (Å²) in [6.07, 6.45) is 3.09. The van der Waals surface area contributed by atoms with Crippen LogP contribution in [0.15, 0.2) is 47.3 Å². The van der Waals surface area contributed by atoms with Gasteiger partial charge in [-0.3, -0.25) is 4.98 Å². The van der Waals surface area contributed by atoms with E-state index in [1.807, 2.05) is 30.3 Å². The second kappa shape index (κ2) is 5.88. The number of hydrogen-bond acceptors (Lipinski definition) is 6. The Labute approximate surface area is 139 Å². The Balaban J connectivity index is 1.75. The number of halogens is 1. The Bertz CT molecular complexity index is 950. The van der Waals surface area contributed by atoms with Crippen LogP contribution in [0.4, 0.5) is 0 Å². The first-order valence-corrected chi connectivity index (χ1v) is 8.06. The highest BCUT2D eigenvalue weighted by Gasteiger charge is 2.15. The van der Waals surface area contributed by atoms with Gasteiger partial charge in [0.15, 0.2) is 16.9 Å². The van der Waals surface area contributed by atoms with Crippen molar-refractivity contribution in [2.45, 2.75) is 11.9 Å². The Morgan fingerprint density at radius 1 is 1.09 bits per heavy atom. The minimum Gasteiger partial charge on any atom is -0.463 e. The van der Waals surface area contributed by atoms with Crippen LogP contribution in [-0.4, -0.2) is 29.9 Å². The second-order valence-corrected chi connectivity index (χ2v) is 5.43. The molecule has 8 heteroatoms. The molecular weight excluding hydrogens is 360 g/mol. The summed E-state index contributed by atoms with van der Waals surface area (Å²) in [5.41, 5.74) is 3.76. The van der Waals surface area contributed by atoms with Crippen LogP contribution in [0.3, 0.4) is 0 Å². The van der Waals surface area contributed by atoms with Crippen molar-refractivity contribution >= 4 is 27.1 Å². The molecule has 0 aliphatic rings. The van der Waals surface area contributed by atoms with E-state index in [-0.39, 0.29) is 0 Å². The van der Waals surface area contributed by atoms with Crippen molar-refractivity contribution in [1.29, 1.82) is 0 Å². The largest absolute Gasteiger partial charge is 0.463 e. The van der Waals surface area contributed by atoms with Gasteiger partial charge < -0.3 is 4.42 Å². The summed E-state index contributed by atoms with van der Waals surface area (Å²) in [7, 11) is 0. The van der Waals surface area contributed by atoms with E-state index < -0.39 is 0 Å². The molecule has 4 aromatic rings. The highest BCUT2D eigenvalue weighted by atomic mass is 79.9. The maximum atomic E-state index is 5.40. The fourth-order valence-corrected chi connectivity index (χ4v) is 2.65. The highest BCUT2D eigenvalue weighted by Crippen LogP contribution is 2.23. The summed E-state index contributed by atoms with van der Waals surface area (Å²) < 4.78 is 7.11. The number of nitrogens with zero attached hydrogens (tertiary/aromatic N) is 6. The molecule has 0 saturated carbocycles. The van der Waals surface area contributed by atoms with Gasteiger partial charge in [-0.2, -0.15) is 0 Å². The number of fused-ring (bicyclic) bond motifs is 1. The average Bonchev–Trinajstić information content (AvgIpc) is 3.25. The van der Waals surface area contributed by atoms with Crippen LogP contribution >= 0.6 is 15.9 Å². The molecular formula is C15H11BrN6O. The number of pyridine rings is 1. The molecule has 4 rings (SSSR count). The van der Waals surface area contributed by atoms with Crippen molar-refractivity contribution in [2.24, 2.45) is 0 Å². The topological polar surface area (TPSA) is 82.5 Å². The van der Waals surface area contributed by atoms with Crippen LogP contribution in [0.2, 0.25) is 0 Å². The number of rotatable bonds is 4. The minimum absolute atomic E-state index is 0.492. The summed E-state index contributed by atoms with van der Waals surface area (Å²) in [4.78, 5) is 13.1. The fourth-order valence-electron chi connectivity index (χ4n) is 2.34. The molecule has 0 aliphatic heterocycles. The van der Waals surface area contributed by atoms with Gasteiger partial charge in [0.05, 0.1) is 24.2 Å². The Hall–Kier alpha value is -2.61. The summed E-state index contributed by atoms with van der Waals surface area (Å²) in [6, 6.07) is 9.54. The van der Waals surface area contributed by atoms with Crippen molar-refractivity contribution in [2.75, 3.05) is 0 Å². The summed E-state index contributed by atoms with van der Waals surface area (Å²) in [5, 5.41) is 9.10. The summed E-state index contributed by atoms with van der Waals surface area (Å²) in [6.45, 7) is 0.492.